The molecule has 0 atom stereocenters. The van der Waals surface area contributed by atoms with Crippen LogP contribution in [0.3, 0.4) is 0 Å². The topological polar surface area (TPSA) is 92.5 Å². The number of anilines is 1. The standard InChI is InChI=1S/C32H32ClN3O3S/c1-22-20-29(14-15-31(22)34)40(38,39)35-32(37)26-8-6-23(7-9-26)24-16-18-36(19-17-24)21-27-4-2-3-5-30(27)25-10-12-28(33)13-11-25/h2-15,20,24H,16-19,21,34H2,1H3,(H,35,37). The maximum atomic E-state index is 12.7. The lowest BCUT2D eigenvalue weighted by molar-refractivity contribution is 0.0981. The van der Waals surface area contributed by atoms with E-state index >= 15 is 0 Å². The van der Waals surface area contributed by atoms with Crippen molar-refractivity contribution in [2.75, 3.05) is 18.8 Å². The summed E-state index contributed by atoms with van der Waals surface area (Å²) in [4.78, 5) is 15.2. The third-order valence-corrected chi connectivity index (χ3v) is 9.16. The van der Waals surface area contributed by atoms with E-state index in [1.54, 1.807) is 19.1 Å². The summed E-state index contributed by atoms with van der Waals surface area (Å²) < 4.78 is 27.5. The molecule has 3 N–H and O–H groups in total. The van der Waals surface area contributed by atoms with Gasteiger partial charge in [-0.2, -0.15) is 0 Å². The monoisotopic (exact) mass is 573 g/mol. The fourth-order valence-corrected chi connectivity index (χ4v) is 6.38. The highest BCUT2D eigenvalue weighted by molar-refractivity contribution is 7.90. The van der Waals surface area contributed by atoms with Crippen molar-refractivity contribution in [1.82, 2.24) is 9.62 Å². The number of nitrogens with zero attached hydrogens (tertiary/aromatic N) is 1. The maximum Gasteiger partial charge on any atom is 0.264 e. The van der Waals surface area contributed by atoms with Crippen molar-refractivity contribution in [3.63, 3.8) is 0 Å². The van der Waals surface area contributed by atoms with Gasteiger partial charge in [-0.25, -0.2) is 13.1 Å². The average Bonchev–Trinajstić information content (AvgIpc) is 2.95. The van der Waals surface area contributed by atoms with Crippen LogP contribution in [0.1, 0.15) is 45.8 Å². The van der Waals surface area contributed by atoms with Gasteiger partial charge >= 0.3 is 0 Å². The van der Waals surface area contributed by atoms with Crippen LogP contribution >= 0.6 is 11.6 Å². The molecule has 1 amide bonds. The van der Waals surface area contributed by atoms with E-state index in [4.69, 9.17) is 17.3 Å². The molecule has 0 bridgehead atoms. The number of rotatable bonds is 7. The fraction of sp³-hybridized carbons (Fsp3) is 0.219. The Bertz CT molecular complexity index is 1610. The Kier molecular flexibility index (Phi) is 8.26. The summed E-state index contributed by atoms with van der Waals surface area (Å²) in [5, 5.41) is 0.732. The van der Waals surface area contributed by atoms with Gasteiger partial charge in [-0.3, -0.25) is 9.69 Å². The van der Waals surface area contributed by atoms with Gasteiger partial charge in [0.2, 0.25) is 0 Å². The summed E-state index contributed by atoms with van der Waals surface area (Å²) in [7, 11) is -4.00. The molecule has 0 aromatic heterocycles. The summed E-state index contributed by atoms with van der Waals surface area (Å²) in [6.07, 6.45) is 2.03. The first-order valence-corrected chi connectivity index (χ1v) is 15.2. The number of hydrogen-bond donors (Lipinski definition) is 2. The van der Waals surface area contributed by atoms with E-state index < -0.39 is 15.9 Å². The predicted molar refractivity (Wildman–Crippen MR) is 161 cm³/mol. The third-order valence-electron chi connectivity index (χ3n) is 7.58. The van der Waals surface area contributed by atoms with Crippen molar-refractivity contribution in [2.24, 2.45) is 0 Å². The van der Waals surface area contributed by atoms with Crippen molar-refractivity contribution in [3.05, 3.63) is 118 Å². The van der Waals surface area contributed by atoms with Crippen molar-refractivity contribution in [1.29, 1.82) is 0 Å². The number of carbonyl (C=O) groups excluding carboxylic acids is 1. The molecule has 0 saturated carbocycles. The van der Waals surface area contributed by atoms with Crippen LogP contribution in [0.25, 0.3) is 11.1 Å². The number of halogens is 1. The minimum absolute atomic E-state index is 0.00622. The lowest BCUT2D eigenvalue weighted by atomic mass is 9.88. The van der Waals surface area contributed by atoms with Crippen LogP contribution in [0.5, 0.6) is 0 Å². The number of nitrogens with one attached hydrogen (secondary N) is 1. The number of amides is 1. The molecule has 1 heterocycles. The van der Waals surface area contributed by atoms with E-state index in [1.807, 2.05) is 24.3 Å². The zero-order valence-corrected chi connectivity index (χ0v) is 23.9. The van der Waals surface area contributed by atoms with E-state index in [9.17, 15) is 13.2 Å². The number of aryl methyl sites for hydroxylation is 1. The molecule has 8 heteroatoms. The number of nitrogens with two attached hydrogens (primary N) is 1. The Balaban J connectivity index is 1.19. The lowest BCUT2D eigenvalue weighted by Crippen LogP contribution is -2.32. The van der Waals surface area contributed by atoms with Crippen LogP contribution < -0.4 is 10.5 Å². The first-order chi connectivity index (χ1) is 19.2. The smallest absolute Gasteiger partial charge is 0.264 e. The summed E-state index contributed by atoms with van der Waals surface area (Å²) >= 11 is 6.08. The summed E-state index contributed by atoms with van der Waals surface area (Å²) in [6, 6.07) is 28.1. The number of piperidine rings is 1. The number of hydrogen-bond acceptors (Lipinski definition) is 5. The average molecular weight is 574 g/mol. The zero-order valence-electron chi connectivity index (χ0n) is 22.3. The largest absolute Gasteiger partial charge is 0.399 e. The molecule has 206 valence electrons. The highest BCUT2D eigenvalue weighted by Crippen LogP contribution is 2.31. The SMILES string of the molecule is Cc1cc(S(=O)(=O)NC(=O)c2ccc(C3CCN(Cc4ccccc4-c4ccc(Cl)cc4)CC3)cc2)ccc1N. The molecule has 1 saturated heterocycles. The second-order valence-electron chi connectivity index (χ2n) is 10.3. The van der Waals surface area contributed by atoms with Crippen LogP contribution in [-0.2, 0) is 16.6 Å². The Morgan fingerprint density at radius 1 is 0.950 bits per heavy atom. The van der Waals surface area contributed by atoms with E-state index in [1.165, 1.54) is 29.3 Å². The number of carbonyl (C=O) groups is 1. The Morgan fingerprint density at radius 3 is 2.30 bits per heavy atom. The number of nitrogen functional groups attached to an aromatic ring is 1. The van der Waals surface area contributed by atoms with E-state index in [2.05, 4.69) is 46.0 Å². The van der Waals surface area contributed by atoms with Gasteiger partial charge in [0.05, 0.1) is 4.90 Å². The molecule has 6 nitrogen and oxygen atoms in total. The van der Waals surface area contributed by atoms with Gasteiger partial charge in [0.15, 0.2) is 0 Å². The van der Waals surface area contributed by atoms with Crippen molar-refractivity contribution >= 4 is 33.2 Å². The Labute approximate surface area is 240 Å². The minimum atomic E-state index is -4.00. The number of sulfonamides is 1. The molecule has 0 radical (unpaired) electrons. The summed E-state index contributed by atoms with van der Waals surface area (Å²) in [6.45, 7) is 4.55. The van der Waals surface area contributed by atoms with Gasteiger partial charge in [0.1, 0.15) is 0 Å². The molecule has 1 aliphatic heterocycles. The second kappa shape index (κ2) is 11.8. The van der Waals surface area contributed by atoms with E-state index in [-0.39, 0.29) is 4.90 Å². The van der Waals surface area contributed by atoms with Crippen molar-refractivity contribution in [2.45, 2.75) is 37.1 Å². The van der Waals surface area contributed by atoms with Gasteiger partial charge in [0, 0.05) is 22.8 Å². The highest BCUT2D eigenvalue weighted by atomic mass is 35.5. The molecule has 1 fully saturated rings. The van der Waals surface area contributed by atoms with Gasteiger partial charge in [0.25, 0.3) is 15.9 Å². The molecule has 0 spiro atoms. The molecule has 5 rings (SSSR count). The summed E-state index contributed by atoms with van der Waals surface area (Å²) in [5.74, 6) is -0.267. The maximum absolute atomic E-state index is 12.7. The summed E-state index contributed by atoms with van der Waals surface area (Å²) in [5.41, 5.74) is 12.1. The zero-order chi connectivity index (χ0) is 28.3. The van der Waals surface area contributed by atoms with Gasteiger partial charge in [-0.05, 0) is 109 Å². The highest BCUT2D eigenvalue weighted by Gasteiger charge is 2.23. The minimum Gasteiger partial charge on any atom is -0.399 e. The molecule has 0 aliphatic carbocycles. The normalized spacial score (nSPS) is 14.7. The first-order valence-electron chi connectivity index (χ1n) is 13.3. The third kappa shape index (κ3) is 6.39. The van der Waals surface area contributed by atoms with Crippen molar-refractivity contribution in [3.8, 4) is 11.1 Å². The van der Waals surface area contributed by atoms with Gasteiger partial charge in [-0.15, -0.1) is 0 Å². The molecule has 4 aromatic carbocycles. The van der Waals surface area contributed by atoms with Crippen LogP contribution in [-0.4, -0.2) is 32.3 Å². The van der Waals surface area contributed by atoms with E-state index in [0.29, 0.717) is 22.7 Å². The van der Waals surface area contributed by atoms with Gasteiger partial charge in [-0.1, -0.05) is 60.1 Å². The predicted octanol–water partition coefficient (Wildman–Crippen LogP) is 6.40. The Hall–Kier alpha value is -3.65. The van der Waals surface area contributed by atoms with Crippen LogP contribution in [0.15, 0.2) is 95.9 Å². The molecular weight excluding hydrogens is 542 g/mol. The van der Waals surface area contributed by atoms with Crippen LogP contribution in [0, 0.1) is 6.92 Å². The van der Waals surface area contributed by atoms with Crippen LogP contribution in [0.4, 0.5) is 5.69 Å². The fourth-order valence-electron chi connectivity index (χ4n) is 5.20. The number of likely N-dealkylation sites (tertiary alicyclic amines) is 1. The van der Waals surface area contributed by atoms with Gasteiger partial charge < -0.3 is 5.73 Å². The van der Waals surface area contributed by atoms with Crippen LogP contribution in [0.2, 0.25) is 5.02 Å². The lowest BCUT2D eigenvalue weighted by Gasteiger charge is -2.32. The first kappa shape index (κ1) is 27.9. The molecule has 40 heavy (non-hydrogen) atoms. The molecular formula is C32H32ClN3O3S. The second-order valence-corrected chi connectivity index (χ2v) is 12.4. The molecule has 0 unspecified atom stereocenters. The van der Waals surface area contributed by atoms with Crippen molar-refractivity contribution < 1.29 is 13.2 Å². The Morgan fingerprint density at radius 2 is 1.62 bits per heavy atom. The molecule has 1 aliphatic rings. The quantitative estimate of drug-likeness (QED) is 0.250. The number of benzene rings is 4. The van der Waals surface area contributed by atoms with E-state index in [0.717, 1.165) is 48.6 Å². The molecule has 4 aromatic rings.